The molecule has 0 unspecified atom stereocenters. The molecule has 5 nitrogen and oxygen atoms in total. The van der Waals surface area contributed by atoms with Crippen LogP contribution in [0.3, 0.4) is 0 Å². The van der Waals surface area contributed by atoms with Crippen molar-refractivity contribution in [3.63, 3.8) is 0 Å². The van der Waals surface area contributed by atoms with Gasteiger partial charge in [0, 0.05) is 43.5 Å². The predicted molar refractivity (Wildman–Crippen MR) is 101 cm³/mol. The zero-order chi connectivity index (χ0) is 18.1. The number of rotatable bonds is 3. The maximum Gasteiger partial charge on any atom is 0.230 e. The van der Waals surface area contributed by atoms with E-state index >= 15 is 0 Å². The molecule has 0 bridgehead atoms. The highest BCUT2D eigenvalue weighted by Crippen LogP contribution is 2.33. The fraction of sp³-hybridized carbons (Fsp3) is 0.476. The number of likely N-dealkylation sites (tertiary alicyclic amines) is 1. The van der Waals surface area contributed by atoms with E-state index in [2.05, 4.69) is 41.5 Å². The molecule has 0 spiro atoms. The first-order valence-electron chi connectivity index (χ1n) is 9.56. The van der Waals surface area contributed by atoms with Crippen molar-refractivity contribution in [1.29, 1.82) is 0 Å². The molecule has 1 aromatic carbocycles. The summed E-state index contributed by atoms with van der Waals surface area (Å²) in [6, 6.07) is 8.27. The lowest BCUT2D eigenvalue weighted by atomic mass is 9.98. The van der Waals surface area contributed by atoms with E-state index in [1.807, 2.05) is 18.0 Å². The van der Waals surface area contributed by atoms with Gasteiger partial charge in [-0.15, -0.1) is 0 Å². The highest BCUT2D eigenvalue weighted by atomic mass is 16.2. The Kier molecular flexibility index (Phi) is 4.72. The minimum Gasteiger partial charge on any atom is -0.332 e. The largest absolute Gasteiger partial charge is 0.332 e. The van der Waals surface area contributed by atoms with Crippen LogP contribution < -0.4 is 5.32 Å². The Labute approximate surface area is 154 Å². The molecule has 0 aliphatic carbocycles. The van der Waals surface area contributed by atoms with E-state index in [-0.39, 0.29) is 17.9 Å². The molecule has 2 aliphatic heterocycles. The van der Waals surface area contributed by atoms with Crippen molar-refractivity contribution in [1.82, 2.24) is 20.2 Å². The third kappa shape index (κ3) is 3.23. The van der Waals surface area contributed by atoms with Crippen LogP contribution in [-0.2, 0) is 17.8 Å². The van der Waals surface area contributed by atoms with Gasteiger partial charge in [-0.2, -0.15) is 0 Å². The smallest absolute Gasteiger partial charge is 0.230 e. The van der Waals surface area contributed by atoms with Gasteiger partial charge in [0.1, 0.15) is 0 Å². The van der Waals surface area contributed by atoms with Crippen molar-refractivity contribution in [3.8, 4) is 0 Å². The Morgan fingerprint density at radius 1 is 1.31 bits per heavy atom. The number of aromatic nitrogens is 2. The van der Waals surface area contributed by atoms with E-state index in [1.165, 1.54) is 11.1 Å². The van der Waals surface area contributed by atoms with Crippen LogP contribution in [0.1, 0.15) is 59.9 Å². The summed E-state index contributed by atoms with van der Waals surface area (Å²) in [5, 5.41) is 3.35. The SMILES string of the molecule is Cc1ccc([C@@H](C)C(=O)N2CCC[C@H]2c2ncc3c(n2)CCNC3)cc1. The molecule has 1 saturated heterocycles. The Morgan fingerprint density at radius 3 is 2.92 bits per heavy atom. The fourth-order valence-electron chi connectivity index (χ4n) is 3.96. The molecular formula is C21H26N4O. The maximum absolute atomic E-state index is 13.2. The number of hydrogen-bond donors (Lipinski definition) is 1. The molecule has 4 rings (SSSR count). The first kappa shape index (κ1) is 17.2. The molecule has 5 heteroatoms. The quantitative estimate of drug-likeness (QED) is 0.925. The van der Waals surface area contributed by atoms with Crippen LogP contribution >= 0.6 is 0 Å². The number of fused-ring (bicyclic) bond motifs is 1. The van der Waals surface area contributed by atoms with Gasteiger partial charge in [0.15, 0.2) is 5.82 Å². The third-order valence-corrected chi connectivity index (χ3v) is 5.61. The number of carbonyl (C=O) groups is 1. The van der Waals surface area contributed by atoms with Gasteiger partial charge in [0.25, 0.3) is 0 Å². The molecule has 136 valence electrons. The number of carbonyl (C=O) groups excluding carboxylic acids is 1. The van der Waals surface area contributed by atoms with Crippen molar-refractivity contribution in [3.05, 3.63) is 58.7 Å². The normalized spacial score (nSPS) is 20.7. The van der Waals surface area contributed by atoms with Crippen LogP contribution in [0.15, 0.2) is 30.5 Å². The number of nitrogens with one attached hydrogen (secondary N) is 1. The molecule has 0 saturated carbocycles. The van der Waals surface area contributed by atoms with E-state index in [0.717, 1.165) is 56.0 Å². The van der Waals surface area contributed by atoms with Gasteiger partial charge in [-0.25, -0.2) is 9.97 Å². The number of amides is 1. The van der Waals surface area contributed by atoms with Gasteiger partial charge < -0.3 is 10.2 Å². The lowest BCUT2D eigenvalue weighted by molar-refractivity contribution is -0.133. The molecule has 2 aliphatic rings. The molecule has 2 aromatic rings. The van der Waals surface area contributed by atoms with Gasteiger partial charge in [0.05, 0.1) is 12.0 Å². The van der Waals surface area contributed by atoms with E-state index in [1.54, 1.807) is 0 Å². The fourth-order valence-corrected chi connectivity index (χ4v) is 3.96. The van der Waals surface area contributed by atoms with E-state index in [9.17, 15) is 4.79 Å². The molecule has 0 radical (unpaired) electrons. The molecule has 1 aromatic heterocycles. The van der Waals surface area contributed by atoms with Crippen molar-refractivity contribution in [2.45, 2.75) is 51.6 Å². The van der Waals surface area contributed by atoms with Gasteiger partial charge in [-0.3, -0.25) is 4.79 Å². The molecular weight excluding hydrogens is 324 g/mol. The van der Waals surface area contributed by atoms with Gasteiger partial charge in [-0.05, 0) is 32.3 Å². The second-order valence-corrected chi connectivity index (χ2v) is 7.45. The van der Waals surface area contributed by atoms with Crippen molar-refractivity contribution < 1.29 is 4.79 Å². The zero-order valence-corrected chi connectivity index (χ0v) is 15.5. The predicted octanol–water partition coefficient (Wildman–Crippen LogP) is 2.90. The van der Waals surface area contributed by atoms with E-state index in [0.29, 0.717) is 0 Å². The van der Waals surface area contributed by atoms with Crippen LogP contribution in [0, 0.1) is 6.92 Å². The minimum absolute atomic E-state index is 0.00980. The number of aryl methyl sites for hydroxylation is 1. The van der Waals surface area contributed by atoms with E-state index in [4.69, 9.17) is 4.98 Å². The summed E-state index contributed by atoms with van der Waals surface area (Å²) in [6.45, 7) is 6.66. The monoisotopic (exact) mass is 350 g/mol. The van der Waals surface area contributed by atoms with Crippen LogP contribution in [0.25, 0.3) is 0 Å². The average Bonchev–Trinajstić information content (AvgIpc) is 3.17. The first-order chi connectivity index (χ1) is 12.6. The molecule has 1 amide bonds. The number of nitrogens with zero attached hydrogens (tertiary/aromatic N) is 3. The first-order valence-corrected chi connectivity index (χ1v) is 9.56. The number of benzene rings is 1. The Balaban J connectivity index is 1.56. The second kappa shape index (κ2) is 7.16. The topological polar surface area (TPSA) is 58.1 Å². The summed E-state index contributed by atoms with van der Waals surface area (Å²) in [7, 11) is 0. The van der Waals surface area contributed by atoms with Crippen LogP contribution in [-0.4, -0.2) is 33.9 Å². The Morgan fingerprint density at radius 2 is 2.12 bits per heavy atom. The highest BCUT2D eigenvalue weighted by molar-refractivity contribution is 5.84. The molecule has 3 heterocycles. The molecule has 26 heavy (non-hydrogen) atoms. The third-order valence-electron chi connectivity index (χ3n) is 5.61. The molecule has 1 N–H and O–H groups in total. The summed E-state index contributed by atoms with van der Waals surface area (Å²) in [5.41, 5.74) is 4.61. The summed E-state index contributed by atoms with van der Waals surface area (Å²) >= 11 is 0. The zero-order valence-electron chi connectivity index (χ0n) is 15.5. The van der Waals surface area contributed by atoms with Crippen molar-refractivity contribution >= 4 is 5.91 Å². The summed E-state index contributed by atoms with van der Waals surface area (Å²) in [6.07, 6.45) is 4.84. The maximum atomic E-state index is 13.2. The lowest BCUT2D eigenvalue weighted by Crippen LogP contribution is -2.35. The number of hydrogen-bond acceptors (Lipinski definition) is 4. The minimum atomic E-state index is -0.141. The highest BCUT2D eigenvalue weighted by Gasteiger charge is 2.34. The Bertz CT molecular complexity index is 802. The summed E-state index contributed by atoms with van der Waals surface area (Å²) in [4.78, 5) is 24.6. The molecule has 2 atom stereocenters. The van der Waals surface area contributed by atoms with Gasteiger partial charge in [0.2, 0.25) is 5.91 Å². The van der Waals surface area contributed by atoms with Gasteiger partial charge >= 0.3 is 0 Å². The van der Waals surface area contributed by atoms with Crippen LogP contribution in [0.4, 0.5) is 0 Å². The van der Waals surface area contributed by atoms with Crippen LogP contribution in [0.2, 0.25) is 0 Å². The lowest BCUT2D eigenvalue weighted by Gasteiger charge is -2.27. The summed E-state index contributed by atoms with van der Waals surface area (Å²) in [5.74, 6) is 0.852. The molecule has 1 fully saturated rings. The summed E-state index contributed by atoms with van der Waals surface area (Å²) < 4.78 is 0. The van der Waals surface area contributed by atoms with Crippen LogP contribution in [0.5, 0.6) is 0 Å². The second-order valence-electron chi connectivity index (χ2n) is 7.45. The Hall–Kier alpha value is -2.27. The van der Waals surface area contributed by atoms with Crippen molar-refractivity contribution in [2.75, 3.05) is 13.1 Å². The van der Waals surface area contributed by atoms with Crippen molar-refractivity contribution in [2.24, 2.45) is 0 Å². The average molecular weight is 350 g/mol. The van der Waals surface area contributed by atoms with Gasteiger partial charge in [-0.1, -0.05) is 29.8 Å². The standard InChI is InChI=1S/C21H26N4O/c1-14-5-7-16(8-6-14)15(2)21(26)25-11-3-4-19(25)20-23-13-17-12-22-10-9-18(17)24-20/h5-8,13,15,19,22H,3-4,9-12H2,1-2H3/t15-,19+/m1/s1. The van der Waals surface area contributed by atoms with E-state index < -0.39 is 0 Å².